The van der Waals surface area contributed by atoms with E-state index in [0.717, 1.165) is 19.3 Å². The van der Waals surface area contributed by atoms with E-state index in [2.05, 4.69) is 6.92 Å². The van der Waals surface area contributed by atoms with Gasteiger partial charge in [-0.15, -0.1) is 0 Å². The summed E-state index contributed by atoms with van der Waals surface area (Å²) in [6.07, 6.45) is 3.62. The van der Waals surface area contributed by atoms with E-state index < -0.39 is 36.8 Å². The van der Waals surface area contributed by atoms with E-state index in [0.29, 0.717) is 0 Å². The lowest BCUT2D eigenvalue weighted by atomic mass is 9.82. The molecule has 30 heavy (non-hydrogen) atoms. The molecule has 0 heterocycles. The Morgan fingerprint density at radius 2 is 1.07 bits per heavy atom. The fourth-order valence-electron chi connectivity index (χ4n) is 3.12. The average molecular weight is 449 g/mol. The fraction of sp³-hybridized carbons (Fsp3) is 0.909. The molecule has 0 saturated carbocycles. The van der Waals surface area contributed by atoms with Crippen molar-refractivity contribution in [1.29, 1.82) is 0 Å². The van der Waals surface area contributed by atoms with E-state index >= 15 is 0 Å². The Balaban J connectivity index is 4.75. The predicted octanol–water partition coefficient (Wildman–Crippen LogP) is 8.36. The molecule has 0 bridgehead atoms. The summed E-state index contributed by atoms with van der Waals surface area (Å²) in [6, 6.07) is 0. The van der Waals surface area contributed by atoms with Crippen LogP contribution >= 0.6 is 0 Å². The first-order chi connectivity index (χ1) is 13.7. The van der Waals surface area contributed by atoms with E-state index in [4.69, 9.17) is 9.47 Å². The highest BCUT2D eigenvalue weighted by Crippen LogP contribution is 2.41. The zero-order chi connectivity index (χ0) is 23.3. The lowest BCUT2D eigenvalue weighted by Gasteiger charge is -2.44. The van der Waals surface area contributed by atoms with Crippen LogP contribution in [0, 0.1) is 5.41 Å². The molecule has 0 atom stereocenters. The van der Waals surface area contributed by atoms with Gasteiger partial charge in [0, 0.05) is 11.8 Å². The molecule has 0 aliphatic rings. The number of unbranched alkanes of at least 4 members (excludes halogenated alkanes) is 7. The molecule has 0 aromatic carbocycles. The van der Waals surface area contributed by atoms with Gasteiger partial charge in [-0.2, -0.15) is 26.3 Å². The molecule has 8 heteroatoms. The van der Waals surface area contributed by atoms with Crippen LogP contribution in [0.1, 0.15) is 91.9 Å². The summed E-state index contributed by atoms with van der Waals surface area (Å²) >= 11 is 0. The summed E-state index contributed by atoms with van der Waals surface area (Å²) in [5, 5.41) is 0. The number of ether oxygens (including phenoxy) is 2. The van der Waals surface area contributed by atoms with Gasteiger partial charge in [0.1, 0.15) is 13.2 Å². The second-order valence-electron chi connectivity index (χ2n) is 8.73. The Hall–Kier alpha value is -0.760. The summed E-state index contributed by atoms with van der Waals surface area (Å²) < 4.78 is 86.1. The van der Waals surface area contributed by atoms with Crippen molar-refractivity contribution >= 4 is 0 Å². The van der Waals surface area contributed by atoms with Crippen molar-refractivity contribution in [2.75, 3.05) is 13.2 Å². The van der Waals surface area contributed by atoms with Crippen molar-refractivity contribution in [2.45, 2.75) is 110 Å². The second-order valence-corrected chi connectivity index (χ2v) is 8.73. The minimum atomic E-state index is -4.66. The van der Waals surface area contributed by atoms with Crippen LogP contribution < -0.4 is 0 Å². The highest BCUT2D eigenvalue weighted by molar-refractivity contribution is 4.90. The molecule has 0 aliphatic heterocycles. The summed E-state index contributed by atoms with van der Waals surface area (Å²) in [4.78, 5) is 0. The van der Waals surface area contributed by atoms with Gasteiger partial charge in [-0.3, -0.25) is 0 Å². The Bertz CT molecular complexity index is 446. The molecule has 0 spiro atoms. The zero-order valence-corrected chi connectivity index (χ0v) is 18.7. The van der Waals surface area contributed by atoms with Crippen molar-refractivity contribution in [3.63, 3.8) is 0 Å². The highest BCUT2D eigenvalue weighted by Gasteiger charge is 2.48. The maximum absolute atomic E-state index is 12.7. The molecule has 0 N–H and O–H groups in total. The molecule has 0 aromatic rings. The maximum Gasteiger partial charge on any atom is 0.411 e. The number of hydrogen-bond donors (Lipinski definition) is 0. The molecule has 0 rings (SSSR count). The van der Waals surface area contributed by atoms with E-state index in [1.165, 1.54) is 52.9 Å². The van der Waals surface area contributed by atoms with Crippen LogP contribution in [-0.2, 0) is 9.47 Å². The molecule has 0 aliphatic carbocycles. The lowest BCUT2D eigenvalue weighted by Crippen LogP contribution is -2.51. The standard InChI is InChI=1S/C22H38F6O2/c1-5-6-7-8-9-10-11-12-13-14-15-16-20(19(2,3)4,29-17-21(23,24)25)30-18-22(26,27)28/h13-14H,5-12,15-18H2,1-4H3. The minimum absolute atomic E-state index is 0.101. The van der Waals surface area contributed by atoms with Gasteiger partial charge in [-0.1, -0.05) is 78.4 Å². The molecular formula is C22H38F6O2. The van der Waals surface area contributed by atoms with Gasteiger partial charge < -0.3 is 9.47 Å². The first kappa shape index (κ1) is 29.2. The van der Waals surface area contributed by atoms with Gasteiger partial charge in [0.05, 0.1) is 0 Å². The SMILES string of the molecule is CCCCCCCCCC=CCCC(OCC(F)(F)F)(OCC(F)(F)F)C(C)(C)C. The van der Waals surface area contributed by atoms with Crippen molar-refractivity contribution in [3.8, 4) is 0 Å². The topological polar surface area (TPSA) is 18.5 Å². The fourth-order valence-corrected chi connectivity index (χ4v) is 3.12. The Morgan fingerprint density at radius 3 is 1.50 bits per heavy atom. The first-order valence-electron chi connectivity index (χ1n) is 10.8. The second kappa shape index (κ2) is 13.6. The van der Waals surface area contributed by atoms with Gasteiger partial charge >= 0.3 is 12.4 Å². The van der Waals surface area contributed by atoms with Crippen LogP contribution in [0.2, 0.25) is 0 Å². The maximum atomic E-state index is 12.7. The van der Waals surface area contributed by atoms with Crippen molar-refractivity contribution in [2.24, 2.45) is 5.41 Å². The van der Waals surface area contributed by atoms with E-state index in [1.807, 2.05) is 6.08 Å². The summed E-state index contributed by atoms with van der Waals surface area (Å²) in [5.74, 6) is -2.00. The van der Waals surface area contributed by atoms with Crippen LogP contribution in [0.3, 0.4) is 0 Å². The summed E-state index contributed by atoms with van der Waals surface area (Å²) in [5.41, 5.74) is -1.09. The van der Waals surface area contributed by atoms with Gasteiger partial charge in [0.2, 0.25) is 0 Å². The highest BCUT2D eigenvalue weighted by atomic mass is 19.4. The quantitative estimate of drug-likeness (QED) is 0.108. The minimum Gasteiger partial charge on any atom is -0.340 e. The predicted molar refractivity (Wildman–Crippen MR) is 107 cm³/mol. The number of halogens is 6. The molecule has 0 fully saturated rings. The molecule has 0 aromatic heterocycles. The van der Waals surface area contributed by atoms with Crippen LogP contribution in [0.15, 0.2) is 12.2 Å². The van der Waals surface area contributed by atoms with Gasteiger partial charge in [0.25, 0.3) is 0 Å². The first-order valence-corrected chi connectivity index (χ1v) is 10.8. The third-order valence-corrected chi connectivity index (χ3v) is 4.86. The van der Waals surface area contributed by atoms with Crippen LogP contribution in [-0.4, -0.2) is 31.4 Å². The molecule has 0 amide bonds. The smallest absolute Gasteiger partial charge is 0.340 e. The van der Waals surface area contributed by atoms with Crippen LogP contribution in [0.25, 0.3) is 0 Å². The molecule has 180 valence electrons. The third kappa shape index (κ3) is 14.3. The lowest BCUT2D eigenvalue weighted by molar-refractivity contribution is -0.344. The summed E-state index contributed by atoms with van der Waals surface area (Å²) in [7, 11) is 0. The Labute approximate surface area is 177 Å². The average Bonchev–Trinajstić information content (AvgIpc) is 2.58. The largest absolute Gasteiger partial charge is 0.411 e. The molecule has 0 unspecified atom stereocenters. The molecular weight excluding hydrogens is 410 g/mol. The summed E-state index contributed by atoms with van der Waals surface area (Å²) in [6.45, 7) is 3.39. The monoisotopic (exact) mass is 448 g/mol. The molecule has 0 saturated heterocycles. The number of alkyl halides is 6. The van der Waals surface area contributed by atoms with Crippen molar-refractivity contribution in [1.82, 2.24) is 0 Å². The number of hydrogen-bond acceptors (Lipinski definition) is 2. The molecule has 2 nitrogen and oxygen atoms in total. The third-order valence-electron chi connectivity index (χ3n) is 4.86. The van der Waals surface area contributed by atoms with Crippen molar-refractivity contribution in [3.05, 3.63) is 12.2 Å². The number of rotatable bonds is 15. The van der Waals surface area contributed by atoms with E-state index in [1.54, 1.807) is 6.08 Å². The Morgan fingerprint density at radius 1 is 0.633 bits per heavy atom. The van der Waals surface area contributed by atoms with Crippen LogP contribution in [0.5, 0.6) is 0 Å². The molecule has 0 radical (unpaired) electrons. The van der Waals surface area contributed by atoms with Gasteiger partial charge in [-0.05, 0) is 19.3 Å². The Kier molecular flexibility index (Phi) is 13.3. The van der Waals surface area contributed by atoms with E-state index in [9.17, 15) is 26.3 Å². The normalized spacial score (nSPS) is 14.1. The number of allylic oxidation sites excluding steroid dienone is 2. The van der Waals surface area contributed by atoms with Gasteiger partial charge in [0.15, 0.2) is 5.79 Å². The van der Waals surface area contributed by atoms with Crippen LogP contribution in [0.4, 0.5) is 26.3 Å². The zero-order valence-electron chi connectivity index (χ0n) is 18.7. The van der Waals surface area contributed by atoms with Gasteiger partial charge in [-0.25, -0.2) is 0 Å². The van der Waals surface area contributed by atoms with Crippen molar-refractivity contribution < 1.29 is 35.8 Å². The van der Waals surface area contributed by atoms with E-state index in [-0.39, 0.29) is 12.8 Å².